The molecule has 3 N–H and O–H groups in total. The van der Waals surface area contributed by atoms with E-state index in [-0.39, 0.29) is 19.5 Å². The number of carbonyl (C=O) groups excluding carboxylic acids is 3. The van der Waals surface area contributed by atoms with Crippen LogP contribution in [0.4, 0.5) is 4.79 Å². The fourth-order valence-electron chi connectivity index (χ4n) is 1.50. The second-order valence-corrected chi connectivity index (χ2v) is 4.61. The predicted molar refractivity (Wildman–Crippen MR) is 74.9 cm³/mol. The molecule has 108 valence electrons. The van der Waals surface area contributed by atoms with Gasteiger partial charge in [0.05, 0.1) is 0 Å². The first kappa shape index (κ1) is 16.0. The van der Waals surface area contributed by atoms with Crippen LogP contribution < -0.4 is 11.1 Å². The Balaban J connectivity index is 2.55. The van der Waals surface area contributed by atoms with Gasteiger partial charge in [-0.1, -0.05) is 23.7 Å². The Morgan fingerprint density at radius 1 is 1.25 bits per heavy atom. The number of rotatable bonds is 5. The van der Waals surface area contributed by atoms with Crippen molar-refractivity contribution in [1.82, 2.24) is 10.2 Å². The molecule has 0 aromatic heterocycles. The highest BCUT2D eigenvalue weighted by atomic mass is 35.5. The molecule has 20 heavy (non-hydrogen) atoms. The van der Waals surface area contributed by atoms with Gasteiger partial charge in [-0.25, -0.2) is 4.79 Å². The average molecular weight is 298 g/mol. The van der Waals surface area contributed by atoms with E-state index in [9.17, 15) is 14.4 Å². The number of nitrogens with two attached hydrogens (primary N) is 1. The maximum Gasteiger partial charge on any atom is 0.324 e. The number of carbonyl (C=O) groups is 3. The van der Waals surface area contributed by atoms with E-state index in [1.165, 1.54) is 6.92 Å². The van der Waals surface area contributed by atoms with E-state index in [0.717, 1.165) is 10.5 Å². The van der Waals surface area contributed by atoms with Crippen molar-refractivity contribution in [2.75, 3.05) is 6.54 Å². The van der Waals surface area contributed by atoms with E-state index in [2.05, 4.69) is 5.32 Å². The van der Waals surface area contributed by atoms with Crippen molar-refractivity contribution >= 4 is 29.4 Å². The number of halogens is 1. The third-order valence-corrected chi connectivity index (χ3v) is 2.82. The van der Waals surface area contributed by atoms with Crippen LogP contribution in [0.1, 0.15) is 18.9 Å². The number of hydrogen-bond acceptors (Lipinski definition) is 3. The number of imide groups is 1. The molecule has 7 heteroatoms. The van der Waals surface area contributed by atoms with E-state index in [1.807, 2.05) is 0 Å². The molecule has 1 aromatic rings. The number of amides is 4. The summed E-state index contributed by atoms with van der Waals surface area (Å²) in [5.41, 5.74) is 5.85. The molecule has 0 aliphatic carbocycles. The van der Waals surface area contributed by atoms with Crippen molar-refractivity contribution in [2.24, 2.45) is 5.73 Å². The third-order valence-electron chi connectivity index (χ3n) is 2.56. The van der Waals surface area contributed by atoms with E-state index < -0.39 is 17.8 Å². The summed E-state index contributed by atoms with van der Waals surface area (Å²) in [4.78, 5) is 34.8. The van der Waals surface area contributed by atoms with Crippen molar-refractivity contribution in [3.05, 3.63) is 34.9 Å². The first-order chi connectivity index (χ1) is 9.40. The summed E-state index contributed by atoms with van der Waals surface area (Å²) in [6, 6.07) is 6.39. The molecule has 0 saturated carbocycles. The van der Waals surface area contributed by atoms with Gasteiger partial charge >= 0.3 is 6.03 Å². The molecule has 1 rings (SSSR count). The SMILES string of the molecule is CC(=O)N(CCC(N)=O)C(=O)NCc1ccc(Cl)cc1. The van der Waals surface area contributed by atoms with Gasteiger partial charge < -0.3 is 11.1 Å². The maximum atomic E-state index is 11.9. The molecule has 0 aliphatic heterocycles. The van der Waals surface area contributed by atoms with Crippen LogP contribution in [0.2, 0.25) is 5.02 Å². The van der Waals surface area contributed by atoms with E-state index in [1.54, 1.807) is 24.3 Å². The molecule has 0 heterocycles. The molecule has 0 atom stereocenters. The molecular weight excluding hydrogens is 282 g/mol. The minimum atomic E-state index is -0.568. The lowest BCUT2D eigenvalue weighted by molar-refractivity contribution is -0.126. The standard InChI is InChI=1S/C13H16ClN3O3/c1-9(18)17(7-6-12(15)19)13(20)16-8-10-2-4-11(14)5-3-10/h2-5H,6-8H2,1H3,(H2,15,19)(H,16,20). The fraction of sp³-hybridized carbons (Fsp3) is 0.308. The summed E-state index contributed by atoms with van der Waals surface area (Å²) < 4.78 is 0. The van der Waals surface area contributed by atoms with Gasteiger partial charge in [-0.3, -0.25) is 14.5 Å². The van der Waals surface area contributed by atoms with Crippen LogP contribution in [0.25, 0.3) is 0 Å². The number of nitrogens with zero attached hydrogens (tertiary/aromatic N) is 1. The molecule has 1 aromatic carbocycles. The zero-order chi connectivity index (χ0) is 15.1. The molecule has 0 unspecified atom stereocenters. The minimum Gasteiger partial charge on any atom is -0.370 e. The maximum absolute atomic E-state index is 11.9. The first-order valence-electron chi connectivity index (χ1n) is 5.99. The second-order valence-electron chi connectivity index (χ2n) is 4.17. The quantitative estimate of drug-likeness (QED) is 0.857. The zero-order valence-corrected chi connectivity index (χ0v) is 11.8. The minimum absolute atomic E-state index is 0.0306. The highest BCUT2D eigenvalue weighted by Gasteiger charge is 2.17. The van der Waals surface area contributed by atoms with Gasteiger partial charge in [-0.05, 0) is 17.7 Å². The molecule has 0 radical (unpaired) electrons. The lowest BCUT2D eigenvalue weighted by Crippen LogP contribution is -2.43. The van der Waals surface area contributed by atoms with Gasteiger partial charge in [0.15, 0.2) is 0 Å². The van der Waals surface area contributed by atoms with Crippen molar-refractivity contribution in [1.29, 1.82) is 0 Å². The Labute approximate surface area is 121 Å². The lowest BCUT2D eigenvalue weighted by Gasteiger charge is -2.19. The Hall–Kier alpha value is -2.08. The van der Waals surface area contributed by atoms with Gasteiger partial charge in [0.1, 0.15) is 0 Å². The van der Waals surface area contributed by atoms with Crippen molar-refractivity contribution in [3.63, 3.8) is 0 Å². The molecule has 0 bridgehead atoms. The van der Waals surface area contributed by atoms with Gasteiger partial charge in [0.2, 0.25) is 11.8 Å². The second kappa shape index (κ2) is 7.49. The number of benzene rings is 1. The van der Waals surface area contributed by atoms with Gasteiger partial charge in [0.25, 0.3) is 0 Å². The Kier molecular flexibility index (Phi) is 5.99. The molecular formula is C13H16ClN3O3. The van der Waals surface area contributed by atoms with Crippen LogP contribution in [0.15, 0.2) is 24.3 Å². The number of urea groups is 1. The van der Waals surface area contributed by atoms with E-state index >= 15 is 0 Å². The Morgan fingerprint density at radius 2 is 1.85 bits per heavy atom. The topological polar surface area (TPSA) is 92.5 Å². The lowest BCUT2D eigenvalue weighted by atomic mass is 10.2. The van der Waals surface area contributed by atoms with Gasteiger partial charge in [-0.15, -0.1) is 0 Å². The summed E-state index contributed by atoms with van der Waals surface area (Å²) in [6.07, 6.45) is -0.0616. The van der Waals surface area contributed by atoms with E-state index in [4.69, 9.17) is 17.3 Å². The van der Waals surface area contributed by atoms with Crippen molar-refractivity contribution in [2.45, 2.75) is 19.9 Å². The van der Waals surface area contributed by atoms with Crippen molar-refractivity contribution < 1.29 is 14.4 Å². The Bertz CT molecular complexity index is 502. The molecule has 0 spiro atoms. The fourth-order valence-corrected chi connectivity index (χ4v) is 1.63. The number of primary amides is 1. The van der Waals surface area contributed by atoms with Gasteiger partial charge in [0, 0.05) is 31.5 Å². The summed E-state index contributed by atoms with van der Waals surface area (Å²) in [5, 5.41) is 3.20. The molecule has 6 nitrogen and oxygen atoms in total. The third kappa shape index (κ3) is 5.27. The van der Waals surface area contributed by atoms with Crippen molar-refractivity contribution in [3.8, 4) is 0 Å². The summed E-state index contributed by atoms with van der Waals surface area (Å²) in [7, 11) is 0. The summed E-state index contributed by atoms with van der Waals surface area (Å²) in [5.74, 6) is -1.01. The normalized spacial score (nSPS) is 9.90. The van der Waals surface area contributed by atoms with Crippen LogP contribution in [0.5, 0.6) is 0 Å². The monoisotopic (exact) mass is 297 g/mol. The highest BCUT2D eigenvalue weighted by Crippen LogP contribution is 2.09. The molecule has 0 fully saturated rings. The average Bonchev–Trinajstić information content (AvgIpc) is 2.37. The smallest absolute Gasteiger partial charge is 0.324 e. The number of nitrogens with one attached hydrogen (secondary N) is 1. The van der Waals surface area contributed by atoms with Crippen LogP contribution in [-0.2, 0) is 16.1 Å². The summed E-state index contributed by atoms with van der Waals surface area (Å²) in [6.45, 7) is 1.48. The highest BCUT2D eigenvalue weighted by molar-refractivity contribution is 6.30. The van der Waals surface area contributed by atoms with Crippen LogP contribution >= 0.6 is 11.6 Å². The van der Waals surface area contributed by atoms with Gasteiger partial charge in [-0.2, -0.15) is 0 Å². The number of hydrogen-bond donors (Lipinski definition) is 2. The predicted octanol–water partition coefficient (Wildman–Crippen LogP) is 1.27. The molecule has 0 aliphatic rings. The molecule has 4 amide bonds. The Morgan fingerprint density at radius 3 is 2.35 bits per heavy atom. The first-order valence-corrected chi connectivity index (χ1v) is 6.36. The van der Waals surface area contributed by atoms with E-state index in [0.29, 0.717) is 5.02 Å². The van der Waals surface area contributed by atoms with Crippen LogP contribution in [0.3, 0.4) is 0 Å². The van der Waals surface area contributed by atoms with Crippen LogP contribution in [0, 0.1) is 0 Å². The summed E-state index contributed by atoms with van der Waals surface area (Å²) >= 11 is 5.75. The largest absolute Gasteiger partial charge is 0.370 e. The molecule has 0 saturated heterocycles. The van der Waals surface area contributed by atoms with Crippen LogP contribution in [-0.4, -0.2) is 29.3 Å². The zero-order valence-electron chi connectivity index (χ0n) is 11.1.